The molecule has 0 unspecified atom stereocenters. The van der Waals surface area contributed by atoms with Crippen molar-refractivity contribution in [2.75, 3.05) is 0 Å². The molecule has 0 N–H and O–H groups in total. The van der Waals surface area contributed by atoms with E-state index < -0.39 is 0 Å². The zero-order chi connectivity index (χ0) is 16.7. The molecule has 4 rings (SSSR count). The number of nitrogens with zero attached hydrogens (tertiary/aromatic N) is 1. The van der Waals surface area contributed by atoms with Crippen molar-refractivity contribution in [3.8, 4) is 9.88 Å². The molecule has 0 bridgehead atoms. The molecule has 0 fully saturated rings. The standard InChI is InChI=1S/C20H19NOS2/c1-20(2)11-14-17(15(22)12-20)16(10-13-6-4-3-5-7-13)24-18(14)19-21-8-9-23-19/h3-9H,10-12H2,1-2H3. The summed E-state index contributed by atoms with van der Waals surface area (Å²) >= 11 is 3.42. The van der Waals surface area contributed by atoms with Crippen LogP contribution in [0.5, 0.6) is 0 Å². The molecule has 3 aromatic rings. The van der Waals surface area contributed by atoms with Crippen LogP contribution in [-0.4, -0.2) is 10.8 Å². The molecular weight excluding hydrogens is 334 g/mol. The van der Waals surface area contributed by atoms with Crippen LogP contribution in [0.15, 0.2) is 41.9 Å². The van der Waals surface area contributed by atoms with Crippen molar-refractivity contribution in [2.24, 2.45) is 5.41 Å². The highest BCUT2D eigenvalue weighted by Gasteiger charge is 2.36. The molecule has 0 amide bonds. The van der Waals surface area contributed by atoms with Crippen molar-refractivity contribution in [3.05, 3.63) is 63.5 Å². The minimum atomic E-state index is 0.0290. The Morgan fingerprint density at radius 1 is 1.17 bits per heavy atom. The molecule has 1 aliphatic carbocycles. The van der Waals surface area contributed by atoms with Gasteiger partial charge in [-0.2, -0.15) is 0 Å². The van der Waals surface area contributed by atoms with E-state index in [1.54, 1.807) is 22.7 Å². The fraction of sp³-hybridized carbons (Fsp3) is 0.300. The fourth-order valence-corrected chi connectivity index (χ4v) is 5.62. The average Bonchev–Trinajstić information content (AvgIpc) is 3.15. The van der Waals surface area contributed by atoms with Crippen molar-refractivity contribution in [3.63, 3.8) is 0 Å². The number of Topliss-reactive ketones (excluding diaryl/α,β-unsaturated/α-hetero) is 1. The summed E-state index contributed by atoms with van der Waals surface area (Å²) in [6.07, 6.45) is 4.26. The van der Waals surface area contributed by atoms with Gasteiger partial charge < -0.3 is 0 Å². The van der Waals surface area contributed by atoms with Crippen LogP contribution < -0.4 is 0 Å². The first-order chi connectivity index (χ1) is 11.5. The number of ketones is 1. The van der Waals surface area contributed by atoms with Crippen LogP contribution in [0.25, 0.3) is 9.88 Å². The van der Waals surface area contributed by atoms with Crippen LogP contribution in [0.2, 0.25) is 0 Å². The molecule has 122 valence electrons. The molecule has 1 aromatic carbocycles. The third-order valence-corrected chi connectivity index (χ3v) is 6.65. The number of carbonyl (C=O) groups is 1. The topological polar surface area (TPSA) is 30.0 Å². The second-order valence-corrected chi connectivity index (χ2v) is 9.15. The molecule has 0 saturated carbocycles. The van der Waals surface area contributed by atoms with E-state index in [-0.39, 0.29) is 5.41 Å². The molecule has 2 heterocycles. The number of aromatic nitrogens is 1. The zero-order valence-corrected chi connectivity index (χ0v) is 15.5. The normalized spacial score (nSPS) is 16.2. The van der Waals surface area contributed by atoms with Crippen LogP contribution >= 0.6 is 22.7 Å². The van der Waals surface area contributed by atoms with E-state index in [1.165, 1.54) is 20.9 Å². The minimum absolute atomic E-state index is 0.0290. The third kappa shape index (κ3) is 2.85. The number of hydrogen-bond acceptors (Lipinski definition) is 4. The Balaban J connectivity index is 1.85. The first-order valence-corrected chi connectivity index (χ1v) is 9.85. The number of thiophene rings is 1. The SMILES string of the molecule is CC1(C)CC(=O)c2c(Cc3ccccc3)sc(-c3nccs3)c2C1. The van der Waals surface area contributed by atoms with Gasteiger partial charge in [0.2, 0.25) is 0 Å². The van der Waals surface area contributed by atoms with Gasteiger partial charge in [-0.15, -0.1) is 22.7 Å². The summed E-state index contributed by atoms with van der Waals surface area (Å²) in [6.45, 7) is 4.38. The maximum absolute atomic E-state index is 12.9. The smallest absolute Gasteiger partial charge is 0.164 e. The van der Waals surface area contributed by atoms with E-state index in [1.807, 2.05) is 17.6 Å². The predicted octanol–water partition coefficient (Wildman–Crippen LogP) is 5.62. The van der Waals surface area contributed by atoms with Crippen molar-refractivity contribution in [1.82, 2.24) is 4.98 Å². The van der Waals surface area contributed by atoms with Gasteiger partial charge in [-0.3, -0.25) is 4.79 Å². The maximum Gasteiger partial charge on any atom is 0.164 e. The van der Waals surface area contributed by atoms with Crippen LogP contribution in [0.4, 0.5) is 0 Å². The lowest BCUT2D eigenvalue weighted by atomic mass is 9.73. The summed E-state index contributed by atoms with van der Waals surface area (Å²) in [6, 6.07) is 10.4. The molecule has 1 aliphatic rings. The van der Waals surface area contributed by atoms with Crippen molar-refractivity contribution < 1.29 is 4.79 Å². The van der Waals surface area contributed by atoms with Crippen molar-refractivity contribution >= 4 is 28.5 Å². The quantitative estimate of drug-likeness (QED) is 0.612. The van der Waals surface area contributed by atoms with E-state index in [0.29, 0.717) is 12.2 Å². The van der Waals surface area contributed by atoms with Gasteiger partial charge in [-0.1, -0.05) is 44.2 Å². The van der Waals surface area contributed by atoms with Gasteiger partial charge >= 0.3 is 0 Å². The first-order valence-electron chi connectivity index (χ1n) is 8.15. The third-order valence-electron chi connectivity index (χ3n) is 4.49. The number of carbonyl (C=O) groups excluding carboxylic acids is 1. The number of benzene rings is 1. The number of rotatable bonds is 3. The van der Waals surface area contributed by atoms with Crippen LogP contribution in [0.3, 0.4) is 0 Å². The second-order valence-electron chi connectivity index (χ2n) is 7.15. The van der Waals surface area contributed by atoms with Crippen LogP contribution in [0.1, 0.15) is 46.6 Å². The Bertz CT molecular complexity index is 876. The van der Waals surface area contributed by atoms with Gasteiger partial charge in [0, 0.05) is 34.9 Å². The van der Waals surface area contributed by atoms with E-state index in [2.05, 4.69) is 43.1 Å². The lowest BCUT2D eigenvalue weighted by molar-refractivity contribution is 0.0912. The van der Waals surface area contributed by atoms with E-state index in [9.17, 15) is 4.79 Å². The molecule has 0 radical (unpaired) electrons. The monoisotopic (exact) mass is 353 g/mol. The van der Waals surface area contributed by atoms with Gasteiger partial charge in [0.15, 0.2) is 5.78 Å². The Kier molecular flexibility index (Phi) is 3.89. The van der Waals surface area contributed by atoms with Gasteiger partial charge in [-0.05, 0) is 23.0 Å². The summed E-state index contributed by atoms with van der Waals surface area (Å²) in [5.74, 6) is 0.297. The summed E-state index contributed by atoms with van der Waals surface area (Å²) in [5, 5.41) is 3.05. The molecule has 2 aromatic heterocycles. The molecule has 0 aliphatic heterocycles. The zero-order valence-electron chi connectivity index (χ0n) is 13.8. The first kappa shape index (κ1) is 15.7. The van der Waals surface area contributed by atoms with Crippen molar-refractivity contribution in [2.45, 2.75) is 33.1 Å². The van der Waals surface area contributed by atoms with E-state index in [0.717, 1.165) is 23.4 Å². The summed E-state index contributed by atoms with van der Waals surface area (Å²) in [5.41, 5.74) is 3.49. The summed E-state index contributed by atoms with van der Waals surface area (Å²) in [7, 11) is 0. The van der Waals surface area contributed by atoms with Gasteiger partial charge in [0.25, 0.3) is 0 Å². The predicted molar refractivity (Wildman–Crippen MR) is 101 cm³/mol. The minimum Gasteiger partial charge on any atom is -0.294 e. The number of thiazole rings is 1. The molecule has 0 atom stereocenters. The maximum atomic E-state index is 12.9. The molecule has 4 heteroatoms. The molecule has 0 saturated heterocycles. The number of fused-ring (bicyclic) bond motifs is 1. The lowest BCUT2D eigenvalue weighted by Crippen LogP contribution is -2.27. The largest absolute Gasteiger partial charge is 0.294 e. The molecule has 24 heavy (non-hydrogen) atoms. The Morgan fingerprint density at radius 3 is 2.67 bits per heavy atom. The lowest BCUT2D eigenvalue weighted by Gasteiger charge is -2.29. The van der Waals surface area contributed by atoms with Gasteiger partial charge in [0.05, 0.1) is 4.88 Å². The van der Waals surface area contributed by atoms with E-state index in [4.69, 9.17) is 0 Å². The Hall–Kier alpha value is -1.78. The average molecular weight is 354 g/mol. The van der Waals surface area contributed by atoms with Crippen molar-refractivity contribution in [1.29, 1.82) is 0 Å². The Morgan fingerprint density at radius 2 is 1.96 bits per heavy atom. The number of hydrogen-bond donors (Lipinski definition) is 0. The molecule has 2 nitrogen and oxygen atoms in total. The highest BCUT2D eigenvalue weighted by Crippen LogP contribution is 2.46. The fourth-order valence-electron chi connectivity index (χ4n) is 3.49. The molecule has 0 spiro atoms. The van der Waals surface area contributed by atoms with E-state index >= 15 is 0 Å². The summed E-state index contributed by atoms with van der Waals surface area (Å²) < 4.78 is 0. The second kappa shape index (κ2) is 5.94. The van der Waals surface area contributed by atoms with Crippen LogP contribution in [0, 0.1) is 5.41 Å². The molecular formula is C20H19NOS2. The highest BCUT2D eigenvalue weighted by atomic mass is 32.1. The van der Waals surface area contributed by atoms with Gasteiger partial charge in [-0.25, -0.2) is 4.98 Å². The van der Waals surface area contributed by atoms with Crippen LogP contribution in [-0.2, 0) is 12.8 Å². The summed E-state index contributed by atoms with van der Waals surface area (Å²) in [4.78, 5) is 19.8. The Labute approximate surface area is 150 Å². The van der Waals surface area contributed by atoms with Gasteiger partial charge in [0.1, 0.15) is 5.01 Å². The highest BCUT2D eigenvalue weighted by molar-refractivity contribution is 7.21.